The van der Waals surface area contributed by atoms with Crippen molar-refractivity contribution in [2.24, 2.45) is 11.7 Å². The van der Waals surface area contributed by atoms with Crippen LogP contribution in [0.2, 0.25) is 0 Å². The van der Waals surface area contributed by atoms with Gasteiger partial charge in [-0.15, -0.1) is 0 Å². The predicted molar refractivity (Wildman–Crippen MR) is 87.3 cm³/mol. The lowest BCUT2D eigenvalue weighted by Gasteiger charge is -2.31. The van der Waals surface area contributed by atoms with E-state index in [2.05, 4.69) is 23.7 Å². The van der Waals surface area contributed by atoms with Crippen LogP contribution in [-0.4, -0.2) is 37.7 Å². The van der Waals surface area contributed by atoms with Gasteiger partial charge < -0.3 is 10.5 Å². The zero-order valence-corrected chi connectivity index (χ0v) is 13.0. The zero-order valence-electron chi connectivity index (χ0n) is 13.0. The van der Waals surface area contributed by atoms with E-state index in [4.69, 9.17) is 10.5 Å². The summed E-state index contributed by atoms with van der Waals surface area (Å²) >= 11 is 0. The van der Waals surface area contributed by atoms with Crippen molar-refractivity contribution in [2.75, 3.05) is 32.8 Å². The summed E-state index contributed by atoms with van der Waals surface area (Å²) in [6.07, 6.45) is 4.22. The van der Waals surface area contributed by atoms with Crippen molar-refractivity contribution in [2.45, 2.75) is 26.2 Å². The number of hydrogen-bond acceptors (Lipinski definition) is 3. The van der Waals surface area contributed by atoms with Gasteiger partial charge in [-0.25, -0.2) is 0 Å². The first-order valence-corrected chi connectivity index (χ1v) is 7.96. The van der Waals surface area contributed by atoms with Gasteiger partial charge in [0.25, 0.3) is 0 Å². The lowest BCUT2D eigenvalue weighted by Crippen LogP contribution is -2.35. The first-order chi connectivity index (χ1) is 10.3. The van der Waals surface area contributed by atoms with Gasteiger partial charge in [0.15, 0.2) is 0 Å². The molecular formula is C18H26N2O. The molecule has 0 radical (unpaired) electrons. The summed E-state index contributed by atoms with van der Waals surface area (Å²) in [7, 11) is 0. The molecule has 1 aromatic rings. The summed E-state index contributed by atoms with van der Waals surface area (Å²) in [5.41, 5.74) is 6.35. The number of ether oxygens (including phenoxy) is 1. The second-order valence-electron chi connectivity index (χ2n) is 5.57. The second-order valence-corrected chi connectivity index (χ2v) is 5.57. The van der Waals surface area contributed by atoms with Crippen molar-refractivity contribution < 1.29 is 4.74 Å². The Morgan fingerprint density at radius 3 is 2.90 bits per heavy atom. The third-order valence-electron chi connectivity index (χ3n) is 4.03. The number of likely N-dealkylation sites (N-methyl/N-ethyl adjacent to an activating group) is 1. The molecule has 1 fully saturated rings. The lowest BCUT2D eigenvalue weighted by molar-refractivity contribution is 0.158. The van der Waals surface area contributed by atoms with Gasteiger partial charge in [0.05, 0.1) is 6.54 Å². The molecule has 0 amide bonds. The maximum absolute atomic E-state index is 5.85. The standard InChI is InChI=1S/C18H26N2O/c1-2-20(15-17-7-3-8-17)12-13-21-18-10-4-6-16(14-18)9-5-11-19/h4,6,10,14,17H,2-3,7-8,11-13,15,19H2,1H3. The number of nitrogens with two attached hydrogens (primary N) is 1. The summed E-state index contributed by atoms with van der Waals surface area (Å²) in [6, 6.07) is 7.91. The maximum atomic E-state index is 5.85. The summed E-state index contributed by atoms with van der Waals surface area (Å²) in [4.78, 5) is 2.49. The zero-order chi connectivity index (χ0) is 14.9. The van der Waals surface area contributed by atoms with Crippen LogP contribution >= 0.6 is 0 Å². The van der Waals surface area contributed by atoms with Crippen LogP contribution in [0, 0.1) is 17.8 Å². The number of hydrogen-bond donors (Lipinski definition) is 1. The van der Waals surface area contributed by atoms with E-state index >= 15 is 0 Å². The van der Waals surface area contributed by atoms with E-state index < -0.39 is 0 Å². The molecule has 3 heteroatoms. The highest BCUT2D eigenvalue weighted by Gasteiger charge is 2.19. The van der Waals surface area contributed by atoms with Gasteiger partial charge in [0.1, 0.15) is 12.4 Å². The number of rotatable bonds is 7. The lowest BCUT2D eigenvalue weighted by atomic mass is 9.85. The molecule has 1 aliphatic carbocycles. The van der Waals surface area contributed by atoms with Crippen molar-refractivity contribution in [1.82, 2.24) is 4.90 Å². The molecule has 0 aromatic heterocycles. The van der Waals surface area contributed by atoms with Crippen molar-refractivity contribution >= 4 is 0 Å². The normalized spacial score (nSPS) is 14.4. The van der Waals surface area contributed by atoms with E-state index in [1.807, 2.05) is 24.3 Å². The highest BCUT2D eigenvalue weighted by Crippen LogP contribution is 2.26. The van der Waals surface area contributed by atoms with Gasteiger partial charge >= 0.3 is 0 Å². The molecule has 0 bridgehead atoms. The monoisotopic (exact) mass is 286 g/mol. The van der Waals surface area contributed by atoms with Crippen molar-refractivity contribution in [3.63, 3.8) is 0 Å². The average Bonchev–Trinajstić information content (AvgIpc) is 2.47. The quantitative estimate of drug-likeness (QED) is 0.783. The largest absolute Gasteiger partial charge is 0.492 e. The van der Waals surface area contributed by atoms with Crippen molar-refractivity contribution in [1.29, 1.82) is 0 Å². The fourth-order valence-electron chi connectivity index (χ4n) is 2.53. The first-order valence-electron chi connectivity index (χ1n) is 7.96. The molecular weight excluding hydrogens is 260 g/mol. The molecule has 0 heterocycles. The van der Waals surface area contributed by atoms with Crippen molar-refractivity contribution in [3.05, 3.63) is 29.8 Å². The topological polar surface area (TPSA) is 38.5 Å². The smallest absolute Gasteiger partial charge is 0.120 e. The molecule has 1 saturated carbocycles. The Labute approximate surface area is 128 Å². The maximum Gasteiger partial charge on any atom is 0.120 e. The molecule has 0 aliphatic heterocycles. The second kappa shape index (κ2) is 8.71. The van der Waals surface area contributed by atoms with E-state index in [1.54, 1.807) is 0 Å². The Hall–Kier alpha value is -1.50. The molecule has 3 nitrogen and oxygen atoms in total. The van der Waals surface area contributed by atoms with Crippen LogP contribution in [0.15, 0.2) is 24.3 Å². The van der Waals surface area contributed by atoms with E-state index in [9.17, 15) is 0 Å². The first kappa shape index (κ1) is 15.9. The summed E-state index contributed by atoms with van der Waals surface area (Å²) < 4.78 is 5.85. The Kier molecular flexibility index (Phi) is 6.59. The fraction of sp³-hybridized carbons (Fsp3) is 0.556. The Morgan fingerprint density at radius 1 is 1.38 bits per heavy atom. The molecule has 2 N–H and O–H groups in total. The van der Waals surface area contributed by atoms with Crippen LogP contribution in [0.5, 0.6) is 5.75 Å². The van der Waals surface area contributed by atoms with Gasteiger partial charge in [0, 0.05) is 18.7 Å². The van der Waals surface area contributed by atoms with Gasteiger partial charge in [-0.1, -0.05) is 31.3 Å². The van der Waals surface area contributed by atoms with Crippen LogP contribution < -0.4 is 10.5 Å². The predicted octanol–water partition coefficient (Wildman–Crippen LogP) is 2.50. The van der Waals surface area contributed by atoms with Crippen LogP contribution in [0.4, 0.5) is 0 Å². The third kappa shape index (κ3) is 5.41. The molecule has 0 spiro atoms. The molecule has 0 atom stereocenters. The van der Waals surface area contributed by atoms with E-state index in [1.165, 1.54) is 25.8 Å². The molecule has 0 saturated heterocycles. The van der Waals surface area contributed by atoms with Crippen LogP contribution in [0.1, 0.15) is 31.7 Å². The summed E-state index contributed by atoms with van der Waals surface area (Å²) in [6.45, 7) is 6.66. The fourth-order valence-corrected chi connectivity index (χ4v) is 2.53. The van der Waals surface area contributed by atoms with Crippen LogP contribution in [0.25, 0.3) is 0 Å². The minimum atomic E-state index is 0.387. The minimum Gasteiger partial charge on any atom is -0.492 e. The minimum absolute atomic E-state index is 0.387. The van der Waals surface area contributed by atoms with Gasteiger partial charge in [-0.3, -0.25) is 4.90 Å². The molecule has 2 rings (SSSR count). The van der Waals surface area contributed by atoms with E-state index in [0.29, 0.717) is 6.54 Å². The Bertz CT molecular complexity index is 485. The van der Waals surface area contributed by atoms with Crippen molar-refractivity contribution in [3.8, 4) is 17.6 Å². The van der Waals surface area contributed by atoms with Crippen LogP contribution in [0.3, 0.4) is 0 Å². The average molecular weight is 286 g/mol. The summed E-state index contributed by atoms with van der Waals surface area (Å²) in [5, 5.41) is 0. The molecule has 1 aliphatic rings. The third-order valence-corrected chi connectivity index (χ3v) is 4.03. The number of nitrogens with zero attached hydrogens (tertiary/aromatic N) is 1. The number of benzene rings is 1. The molecule has 0 unspecified atom stereocenters. The van der Waals surface area contributed by atoms with Gasteiger partial charge in [0.2, 0.25) is 0 Å². The molecule has 114 valence electrons. The summed E-state index contributed by atoms with van der Waals surface area (Å²) in [5.74, 6) is 7.70. The van der Waals surface area contributed by atoms with Gasteiger partial charge in [-0.2, -0.15) is 0 Å². The Balaban J connectivity index is 1.76. The highest BCUT2D eigenvalue weighted by atomic mass is 16.5. The highest BCUT2D eigenvalue weighted by molar-refractivity contribution is 5.39. The molecule has 1 aromatic carbocycles. The Morgan fingerprint density at radius 2 is 2.24 bits per heavy atom. The SMILES string of the molecule is CCN(CCOc1cccc(C#CCN)c1)CC1CCC1. The molecule has 21 heavy (non-hydrogen) atoms. The van der Waals surface area contributed by atoms with Gasteiger partial charge in [-0.05, 0) is 43.5 Å². The van der Waals surface area contributed by atoms with Crippen LogP contribution in [-0.2, 0) is 0 Å². The van der Waals surface area contributed by atoms with E-state index in [0.717, 1.165) is 36.9 Å². The van der Waals surface area contributed by atoms with E-state index in [-0.39, 0.29) is 0 Å².